The van der Waals surface area contributed by atoms with Crippen LogP contribution < -0.4 is 10.2 Å². The molecule has 3 aromatic rings. The van der Waals surface area contributed by atoms with Crippen LogP contribution >= 0.6 is 35.2 Å². The van der Waals surface area contributed by atoms with Crippen molar-refractivity contribution >= 4 is 51.1 Å². The highest BCUT2D eigenvalue weighted by Gasteiger charge is 2.21. The van der Waals surface area contributed by atoms with Gasteiger partial charge in [-0.3, -0.25) is 0 Å². The summed E-state index contributed by atoms with van der Waals surface area (Å²) in [5.74, 6) is 0. The lowest BCUT2D eigenvalue weighted by atomic mass is 10.1. The minimum Gasteiger partial charge on any atom is -0.345 e. The van der Waals surface area contributed by atoms with E-state index in [1.165, 1.54) is 5.56 Å². The van der Waals surface area contributed by atoms with Crippen LogP contribution in [-0.2, 0) is 6.42 Å². The summed E-state index contributed by atoms with van der Waals surface area (Å²) < 4.78 is 0. The Morgan fingerprint density at radius 3 is 2.41 bits per heavy atom. The van der Waals surface area contributed by atoms with Gasteiger partial charge in [-0.2, -0.15) is 0 Å². The number of hydrogen-bond acceptors (Lipinski definition) is 4. The summed E-state index contributed by atoms with van der Waals surface area (Å²) >= 11 is 13.3. The molecule has 4 nitrogen and oxygen atoms in total. The van der Waals surface area contributed by atoms with Crippen molar-refractivity contribution in [3.05, 3.63) is 64.5 Å². The van der Waals surface area contributed by atoms with Gasteiger partial charge in [-0.25, -0.2) is 4.98 Å². The van der Waals surface area contributed by atoms with Crippen molar-refractivity contribution in [3.8, 4) is 11.3 Å². The van der Waals surface area contributed by atoms with Gasteiger partial charge in [0.25, 0.3) is 0 Å². The maximum absolute atomic E-state index is 5.98. The molecule has 0 bridgehead atoms. The van der Waals surface area contributed by atoms with Crippen LogP contribution in [0.1, 0.15) is 12.5 Å². The Bertz CT molecular complexity index is 961. The SMILES string of the molecule is CCc1ccc(NC(=S)N2CCN(c3nc(-c4ccc(Cl)cc4)cs3)CC2)cc1. The summed E-state index contributed by atoms with van der Waals surface area (Å²) in [5, 5.41) is 8.06. The molecule has 0 amide bonds. The number of benzene rings is 2. The highest BCUT2D eigenvalue weighted by Crippen LogP contribution is 2.29. The second-order valence-corrected chi connectivity index (χ2v) is 8.64. The molecule has 0 radical (unpaired) electrons. The molecule has 1 aliphatic rings. The number of hydrogen-bond donors (Lipinski definition) is 1. The number of nitrogens with one attached hydrogen (secondary N) is 1. The van der Waals surface area contributed by atoms with E-state index in [0.717, 1.165) is 64.8 Å². The number of nitrogens with zero attached hydrogens (tertiary/aromatic N) is 3. The Kier molecular flexibility index (Phi) is 6.33. The molecule has 0 spiro atoms. The van der Waals surface area contributed by atoms with Crippen molar-refractivity contribution in [1.29, 1.82) is 0 Å². The third-order valence-electron chi connectivity index (χ3n) is 5.08. The molecule has 4 rings (SSSR count). The molecule has 1 aliphatic heterocycles. The van der Waals surface area contributed by atoms with Crippen LogP contribution in [-0.4, -0.2) is 41.2 Å². The van der Waals surface area contributed by atoms with E-state index >= 15 is 0 Å². The van der Waals surface area contributed by atoms with Crippen LogP contribution in [0.15, 0.2) is 53.9 Å². The number of anilines is 2. The fourth-order valence-electron chi connectivity index (χ4n) is 3.29. The molecular formula is C22H23ClN4S2. The van der Waals surface area contributed by atoms with Crippen molar-refractivity contribution in [2.75, 3.05) is 36.4 Å². The predicted octanol–water partition coefficient (Wildman–Crippen LogP) is 5.54. The Morgan fingerprint density at radius 2 is 1.76 bits per heavy atom. The zero-order valence-corrected chi connectivity index (χ0v) is 18.7. The smallest absolute Gasteiger partial charge is 0.185 e. The highest BCUT2D eigenvalue weighted by molar-refractivity contribution is 7.80. The Hall–Kier alpha value is -2.15. The van der Waals surface area contributed by atoms with E-state index in [2.05, 4.69) is 51.7 Å². The molecule has 0 atom stereocenters. The van der Waals surface area contributed by atoms with Gasteiger partial charge in [-0.05, 0) is 48.5 Å². The molecule has 29 heavy (non-hydrogen) atoms. The summed E-state index contributed by atoms with van der Waals surface area (Å²) in [5.41, 5.74) is 4.46. The second kappa shape index (κ2) is 9.11. The second-order valence-electron chi connectivity index (χ2n) is 6.98. The van der Waals surface area contributed by atoms with Gasteiger partial charge in [0.2, 0.25) is 0 Å². The van der Waals surface area contributed by atoms with Gasteiger partial charge in [0.05, 0.1) is 5.69 Å². The third-order valence-corrected chi connectivity index (χ3v) is 6.60. The molecule has 0 saturated carbocycles. The minimum absolute atomic E-state index is 0.742. The zero-order chi connectivity index (χ0) is 20.2. The van der Waals surface area contributed by atoms with Crippen molar-refractivity contribution in [2.45, 2.75) is 13.3 Å². The molecule has 1 fully saturated rings. The average Bonchev–Trinajstić information content (AvgIpc) is 3.25. The Balaban J connectivity index is 1.33. The number of thiocarbonyl (C=S) groups is 1. The largest absolute Gasteiger partial charge is 0.345 e. The van der Waals surface area contributed by atoms with E-state index in [-0.39, 0.29) is 0 Å². The predicted molar refractivity (Wildman–Crippen MR) is 128 cm³/mol. The lowest BCUT2D eigenvalue weighted by Crippen LogP contribution is -2.50. The van der Waals surface area contributed by atoms with E-state index in [1.54, 1.807) is 11.3 Å². The van der Waals surface area contributed by atoms with Crippen LogP contribution in [0, 0.1) is 0 Å². The fraction of sp³-hybridized carbons (Fsp3) is 0.273. The number of piperazine rings is 1. The van der Waals surface area contributed by atoms with Crippen LogP contribution in [0.2, 0.25) is 5.02 Å². The normalized spacial score (nSPS) is 14.1. The topological polar surface area (TPSA) is 31.4 Å². The van der Waals surface area contributed by atoms with Crippen molar-refractivity contribution in [1.82, 2.24) is 9.88 Å². The molecule has 1 saturated heterocycles. The Morgan fingerprint density at radius 1 is 1.07 bits per heavy atom. The van der Waals surface area contributed by atoms with Crippen LogP contribution in [0.4, 0.5) is 10.8 Å². The number of aromatic nitrogens is 1. The molecule has 1 N–H and O–H groups in total. The van der Waals surface area contributed by atoms with Crippen LogP contribution in [0.3, 0.4) is 0 Å². The maximum atomic E-state index is 5.98. The van der Waals surface area contributed by atoms with Crippen LogP contribution in [0.25, 0.3) is 11.3 Å². The molecule has 1 aromatic heterocycles. The van der Waals surface area contributed by atoms with Crippen molar-refractivity contribution in [3.63, 3.8) is 0 Å². The standard InChI is InChI=1S/C22H23ClN4S2/c1-2-16-3-9-19(10-4-16)24-21(28)26-11-13-27(14-12-26)22-25-20(15-29-22)17-5-7-18(23)8-6-17/h3-10,15H,2,11-14H2,1H3,(H,24,28). The summed E-state index contributed by atoms with van der Waals surface area (Å²) in [6, 6.07) is 16.3. The number of aryl methyl sites for hydroxylation is 1. The number of rotatable bonds is 4. The van der Waals surface area contributed by atoms with Gasteiger partial charge in [0, 0.05) is 47.8 Å². The summed E-state index contributed by atoms with van der Waals surface area (Å²) in [6.07, 6.45) is 1.04. The molecule has 150 valence electrons. The van der Waals surface area contributed by atoms with Crippen molar-refractivity contribution in [2.24, 2.45) is 0 Å². The van der Waals surface area contributed by atoms with Gasteiger partial charge in [-0.15, -0.1) is 11.3 Å². The summed E-state index contributed by atoms with van der Waals surface area (Å²) in [6.45, 7) is 5.74. The first-order valence-electron chi connectivity index (χ1n) is 9.73. The van der Waals surface area contributed by atoms with E-state index in [4.69, 9.17) is 28.8 Å². The fourth-order valence-corrected chi connectivity index (χ4v) is 4.60. The lowest BCUT2D eigenvalue weighted by molar-refractivity contribution is 0.390. The summed E-state index contributed by atoms with van der Waals surface area (Å²) in [4.78, 5) is 9.38. The van der Waals surface area contributed by atoms with E-state index in [0.29, 0.717) is 0 Å². The van der Waals surface area contributed by atoms with E-state index < -0.39 is 0 Å². The monoisotopic (exact) mass is 442 g/mol. The highest BCUT2D eigenvalue weighted by atomic mass is 35.5. The molecule has 2 heterocycles. The molecule has 7 heteroatoms. The molecular weight excluding hydrogens is 420 g/mol. The maximum Gasteiger partial charge on any atom is 0.185 e. The molecule has 0 unspecified atom stereocenters. The van der Waals surface area contributed by atoms with Gasteiger partial charge < -0.3 is 15.1 Å². The van der Waals surface area contributed by atoms with Crippen molar-refractivity contribution < 1.29 is 0 Å². The van der Waals surface area contributed by atoms with E-state index in [9.17, 15) is 0 Å². The van der Waals surface area contributed by atoms with E-state index in [1.807, 2.05) is 24.3 Å². The van der Waals surface area contributed by atoms with Gasteiger partial charge in [-0.1, -0.05) is 42.8 Å². The van der Waals surface area contributed by atoms with Gasteiger partial charge >= 0.3 is 0 Å². The first-order valence-corrected chi connectivity index (χ1v) is 11.4. The minimum atomic E-state index is 0.742. The lowest BCUT2D eigenvalue weighted by Gasteiger charge is -2.36. The summed E-state index contributed by atoms with van der Waals surface area (Å²) in [7, 11) is 0. The van der Waals surface area contributed by atoms with Gasteiger partial charge in [0.1, 0.15) is 0 Å². The average molecular weight is 443 g/mol. The number of thiazole rings is 1. The zero-order valence-electron chi connectivity index (χ0n) is 16.3. The quantitative estimate of drug-likeness (QED) is 0.536. The Labute approximate surface area is 186 Å². The third kappa shape index (κ3) is 4.89. The van der Waals surface area contributed by atoms with Crippen LogP contribution in [0.5, 0.6) is 0 Å². The first kappa shape index (κ1) is 20.1. The number of halogens is 1. The first-order chi connectivity index (χ1) is 14.1. The van der Waals surface area contributed by atoms with Gasteiger partial charge in [0.15, 0.2) is 10.2 Å². The molecule has 2 aromatic carbocycles. The molecule has 0 aliphatic carbocycles.